The highest BCUT2D eigenvalue weighted by Gasteiger charge is 2.46. The van der Waals surface area contributed by atoms with E-state index in [0.29, 0.717) is 12.0 Å². The van der Waals surface area contributed by atoms with Crippen LogP contribution in [0.5, 0.6) is 0 Å². The second-order valence-corrected chi connectivity index (χ2v) is 15.5. The molecular weight excluding hydrogens is 394 g/mol. The maximum absolute atomic E-state index is 13.4. The first-order valence-corrected chi connectivity index (χ1v) is 13.5. The molecule has 0 aromatic heterocycles. The third-order valence-electron chi connectivity index (χ3n) is 6.09. The number of nitrogens with zero attached hydrogens (tertiary/aromatic N) is 1. The zero-order valence-corrected chi connectivity index (χ0v) is 20.7. The Bertz CT molecular complexity index is 790. The van der Waals surface area contributed by atoms with Crippen molar-refractivity contribution in [3.05, 3.63) is 48.0 Å². The minimum absolute atomic E-state index is 0.0117. The molecule has 1 fully saturated rings. The van der Waals surface area contributed by atoms with Crippen molar-refractivity contribution < 1.29 is 18.8 Å². The van der Waals surface area contributed by atoms with Gasteiger partial charge in [-0.25, -0.2) is 9.69 Å². The highest BCUT2D eigenvalue weighted by Crippen LogP contribution is 2.41. The number of benzene rings is 1. The molecule has 0 saturated carbocycles. The molecule has 5 nitrogen and oxygen atoms in total. The van der Waals surface area contributed by atoms with Gasteiger partial charge in [-0.1, -0.05) is 78.5 Å². The number of imide groups is 1. The molecule has 30 heavy (non-hydrogen) atoms. The topological polar surface area (TPSA) is 55.8 Å². The summed E-state index contributed by atoms with van der Waals surface area (Å²) in [5, 5.41) is -0.0117. The molecule has 2 amide bonds. The van der Waals surface area contributed by atoms with Gasteiger partial charge in [0.2, 0.25) is 0 Å². The van der Waals surface area contributed by atoms with Crippen molar-refractivity contribution in [2.24, 2.45) is 5.41 Å². The number of carbonyl (C=O) groups is 2. The van der Waals surface area contributed by atoms with Gasteiger partial charge in [-0.3, -0.25) is 4.79 Å². The van der Waals surface area contributed by atoms with Crippen molar-refractivity contribution >= 4 is 20.3 Å². The van der Waals surface area contributed by atoms with Gasteiger partial charge in [0.1, 0.15) is 6.61 Å². The van der Waals surface area contributed by atoms with Crippen LogP contribution in [0.1, 0.15) is 47.1 Å². The molecule has 1 aliphatic rings. The second-order valence-electron chi connectivity index (χ2n) is 10.7. The van der Waals surface area contributed by atoms with Gasteiger partial charge in [-0.05, 0) is 35.5 Å². The Balaban J connectivity index is 2.28. The van der Waals surface area contributed by atoms with Gasteiger partial charge in [0.05, 0.1) is 12.1 Å². The van der Waals surface area contributed by atoms with Gasteiger partial charge < -0.3 is 9.16 Å². The van der Waals surface area contributed by atoms with Crippen LogP contribution in [-0.2, 0) is 20.4 Å². The second kappa shape index (κ2) is 8.67. The molecule has 0 aliphatic carbocycles. The Morgan fingerprint density at radius 1 is 1.20 bits per heavy atom. The first-order chi connectivity index (χ1) is 13.6. The van der Waals surface area contributed by atoms with Crippen LogP contribution in [0.15, 0.2) is 42.5 Å². The molecule has 6 heteroatoms. The van der Waals surface area contributed by atoms with E-state index in [1.807, 2.05) is 51.1 Å². The molecule has 2 atom stereocenters. The number of rotatable bonds is 6. The van der Waals surface area contributed by atoms with Crippen molar-refractivity contribution in [3.8, 4) is 0 Å². The van der Waals surface area contributed by atoms with Gasteiger partial charge in [-0.15, -0.1) is 0 Å². The van der Waals surface area contributed by atoms with E-state index < -0.39 is 26.4 Å². The maximum Gasteiger partial charge on any atom is 0.417 e. The lowest BCUT2D eigenvalue weighted by Crippen LogP contribution is -2.51. The summed E-state index contributed by atoms with van der Waals surface area (Å²) in [6.45, 7) is 21.2. The van der Waals surface area contributed by atoms with E-state index in [9.17, 15) is 9.59 Å². The van der Waals surface area contributed by atoms with E-state index in [1.54, 1.807) is 0 Å². The van der Waals surface area contributed by atoms with Crippen LogP contribution in [0.4, 0.5) is 4.79 Å². The van der Waals surface area contributed by atoms with Crippen LogP contribution in [0.25, 0.3) is 0 Å². The molecule has 2 rings (SSSR count). The summed E-state index contributed by atoms with van der Waals surface area (Å²) in [5.41, 5.74) is 1.01. The van der Waals surface area contributed by atoms with E-state index in [1.165, 1.54) is 4.90 Å². The summed E-state index contributed by atoms with van der Waals surface area (Å²) in [6, 6.07) is 9.45. The predicted molar refractivity (Wildman–Crippen MR) is 123 cm³/mol. The quantitative estimate of drug-likeness (QED) is 0.436. The summed E-state index contributed by atoms with van der Waals surface area (Å²) in [7, 11) is -2.17. The van der Waals surface area contributed by atoms with E-state index in [2.05, 4.69) is 40.4 Å². The minimum Gasteiger partial charge on any atom is -0.447 e. The number of cyclic esters (lactones) is 1. The van der Waals surface area contributed by atoms with Crippen LogP contribution >= 0.6 is 0 Å². The average Bonchev–Trinajstić information content (AvgIpc) is 2.97. The Labute approximate surface area is 182 Å². The van der Waals surface area contributed by atoms with Gasteiger partial charge in [-0.2, -0.15) is 0 Å². The molecule has 0 N–H and O–H groups in total. The lowest BCUT2D eigenvalue weighted by atomic mass is 9.84. The Morgan fingerprint density at radius 2 is 1.77 bits per heavy atom. The van der Waals surface area contributed by atoms with Gasteiger partial charge >= 0.3 is 6.09 Å². The molecular formula is C24H37NO4Si. The van der Waals surface area contributed by atoms with Gasteiger partial charge in [0, 0.05) is 5.57 Å². The number of amides is 2. The van der Waals surface area contributed by atoms with E-state index in [-0.39, 0.29) is 23.1 Å². The standard InChI is InChI=1S/C24H37NO4Si/c1-17(20(23(2,3)4)29-30(8,9)24(5,6)7)21(26)25-19(16-28-22(25)27)15-18-13-11-10-12-14-18/h10-14,19-20H,1,15-16H2,2-9H3/t19-,20-/m0/s1. The van der Waals surface area contributed by atoms with Crippen LogP contribution in [0, 0.1) is 5.41 Å². The fourth-order valence-electron chi connectivity index (χ4n) is 3.25. The molecule has 0 unspecified atom stereocenters. The number of ether oxygens (including phenoxy) is 1. The summed E-state index contributed by atoms with van der Waals surface area (Å²) in [6.07, 6.45) is -0.548. The number of hydrogen-bond acceptors (Lipinski definition) is 4. The van der Waals surface area contributed by atoms with Crippen molar-refractivity contribution in [2.75, 3.05) is 6.61 Å². The molecule has 1 heterocycles. The Hall–Kier alpha value is -1.92. The van der Waals surface area contributed by atoms with Gasteiger partial charge in [0.25, 0.3) is 5.91 Å². The Morgan fingerprint density at radius 3 is 2.27 bits per heavy atom. The molecule has 0 bridgehead atoms. The van der Waals surface area contributed by atoms with Crippen LogP contribution in [-0.4, -0.2) is 44.0 Å². The predicted octanol–water partition coefficient (Wildman–Crippen LogP) is 5.57. The van der Waals surface area contributed by atoms with Gasteiger partial charge in [0.15, 0.2) is 8.32 Å². The lowest BCUT2D eigenvalue weighted by Gasteiger charge is -2.44. The molecule has 1 aliphatic heterocycles. The average molecular weight is 432 g/mol. The largest absolute Gasteiger partial charge is 0.447 e. The first-order valence-electron chi connectivity index (χ1n) is 10.6. The summed E-state index contributed by atoms with van der Waals surface area (Å²) in [4.78, 5) is 27.1. The van der Waals surface area contributed by atoms with E-state index in [4.69, 9.17) is 9.16 Å². The normalized spacial score (nSPS) is 18.9. The highest BCUT2D eigenvalue weighted by atomic mass is 28.4. The fourth-order valence-corrected chi connectivity index (χ4v) is 4.69. The van der Waals surface area contributed by atoms with E-state index >= 15 is 0 Å². The monoisotopic (exact) mass is 431 g/mol. The summed E-state index contributed by atoms with van der Waals surface area (Å²) >= 11 is 0. The summed E-state index contributed by atoms with van der Waals surface area (Å²) < 4.78 is 11.9. The maximum atomic E-state index is 13.4. The molecule has 166 valence electrons. The van der Waals surface area contributed by atoms with Crippen molar-refractivity contribution in [1.29, 1.82) is 0 Å². The summed E-state index contributed by atoms with van der Waals surface area (Å²) in [5.74, 6) is -0.405. The zero-order valence-electron chi connectivity index (χ0n) is 19.7. The third kappa shape index (κ3) is 5.41. The Kier molecular flexibility index (Phi) is 7.04. The number of carbonyl (C=O) groups excluding carboxylic acids is 2. The van der Waals surface area contributed by atoms with Crippen molar-refractivity contribution in [3.63, 3.8) is 0 Å². The molecule has 1 saturated heterocycles. The molecule has 1 aromatic carbocycles. The van der Waals surface area contributed by atoms with Crippen LogP contribution in [0.2, 0.25) is 18.1 Å². The minimum atomic E-state index is -2.17. The number of hydrogen-bond donors (Lipinski definition) is 0. The fraction of sp³-hybridized carbons (Fsp3) is 0.583. The lowest BCUT2D eigenvalue weighted by molar-refractivity contribution is -0.126. The van der Waals surface area contributed by atoms with Crippen molar-refractivity contribution in [2.45, 2.75) is 78.2 Å². The third-order valence-corrected chi connectivity index (χ3v) is 10.5. The highest BCUT2D eigenvalue weighted by molar-refractivity contribution is 6.74. The molecule has 0 spiro atoms. The SMILES string of the molecule is C=C(C(=O)N1C(=O)OC[C@@H]1Cc1ccccc1)[C@H](O[Si](C)(C)C(C)(C)C)C(C)(C)C. The molecule has 0 radical (unpaired) electrons. The van der Waals surface area contributed by atoms with Crippen LogP contribution < -0.4 is 0 Å². The van der Waals surface area contributed by atoms with Crippen molar-refractivity contribution in [1.82, 2.24) is 4.90 Å². The first kappa shape index (κ1) is 24.3. The van der Waals surface area contributed by atoms with Crippen LogP contribution in [0.3, 0.4) is 0 Å². The smallest absolute Gasteiger partial charge is 0.417 e. The molecule has 1 aromatic rings. The zero-order chi connectivity index (χ0) is 22.9. The van der Waals surface area contributed by atoms with E-state index in [0.717, 1.165) is 5.56 Å².